The number of nitrogens with zero attached hydrogens (tertiary/aromatic N) is 1. The van der Waals surface area contributed by atoms with E-state index in [0.29, 0.717) is 10.8 Å². The van der Waals surface area contributed by atoms with Crippen LogP contribution in [0.15, 0.2) is 48.7 Å². The van der Waals surface area contributed by atoms with E-state index in [4.69, 9.17) is 11.6 Å². The number of carbonyl (C=O) groups excluding carboxylic acids is 1. The van der Waals surface area contributed by atoms with Gasteiger partial charge in [0, 0.05) is 11.2 Å². The molecule has 1 heterocycles. The molecule has 1 aliphatic rings. The van der Waals surface area contributed by atoms with Gasteiger partial charge in [-0.2, -0.15) is 0 Å². The second kappa shape index (κ2) is 6.36. The number of amides is 2. The van der Waals surface area contributed by atoms with Gasteiger partial charge in [0.05, 0.1) is 5.54 Å². The second-order valence-electron chi connectivity index (χ2n) is 5.59. The average Bonchev–Trinajstić information content (AvgIpc) is 2.98. The summed E-state index contributed by atoms with van der Waals surface area (Å²) in [5.74, 6) is 0.546. The Hall–Kier alpha value is -2.07. The molecule has 0 saturated heterocycles. The molecule has 1 saturated carbocycles. The van der Waals surface area contributed by atoms with Crippen LogP contribution in [0, 0.1) is 0 Å². The lowest BCUT2D eigenvalue weighted by Gasteiger charge is -2.31. The zero-order valence-electron chi connectivity index (χ0n) is 12.2. The quantitative estimate of drug-likeness (QED) is 0.886. The second-order valence-corrected chi connectivity index (χ2v) is 6.03. The number of anilines is 1. The first-order valence-corrected chi connectivity index (χ1v) is 7.82. The van der Waals surface area contributed by atoms with Crippen molar-refractivity contribution in [1.82, 2.24) is 10.3 Å². The number of pyridine rings is 1. The molecule has 5 heteroatoms. The van der Waals surface area contributed by atoms with E-state index >= 15 is 0 Å². The van der Waals surface area contributed by atoms with Crippen molar-refractivity contribution >= 4 is 23.4 Å². The summed E-state index contributed by atoms with van der Waals surface area (Å²) >= 11 is 5.97. The average molecular weight is 316 g/mol. The van der Waals surface area contributed by atoms with Crippen LogP contribution in [-0.2, 0) is 5.54 Å². The van der Waals surface area contributed by atoms with Crippen LogP contribution in [0.3, 0.4) is 0 Å². The highest BCUT2D eigenvalue weighted by molar-refractivity contribution is 6.30. The van der Waals surface area contributed by atoms with Gasteiger partial charge in [-0.1, -0.05) is 42.6 Å². The molecule has 0 aliphatic heterocycles. The van der Waals surface area contributed by atoms with Crippen LogP contribution in [0.5, 0.6) is 0 Å². The molecule has 3 rings (SSSR count). The highest BCUT2D eigenvalue weighted by atomic mass is 35.5. The number of hydrogen-bond acceptors (Lipinski definition) is 2. The Bertz CT molecular complexity index is 637. The van der Waals surface area contributed by atoms with Crippen LogP contribution in [-0.4, -0.2) is 11.0 Å². The third-order valence-corrected chi connectivity index (χ3v) is 4.37. The molecule has 0 bridgehead atoms. The maximum absolute atomic E-state index is 12.3. The summed E-state index contributed by atoms with van der Waals surface area (Å²) < 4.78 is 0. The van der Waals surface area contributed by atoms with Crippen molar-refractivity contribution in [1.29, 1.82) is 0 Å². The standard InChI is InChI=1S/C17H18ClN3O/c18-14-8-6-13(7-9-14)17(10-2-3-11-17)21-16(22)20-15-5-1-4-12-19-15/h1,4-9,12H,2-3,10-11H2,(H2,19,20,21,22). The predicted octanol–water partition coefficient (Wildman–Crippen LogP) is 4.33. The Morgan fingerprint density at radius 1 is 1.09 bits per heavy atom. The monoisotopic (exact) mass is 315 g/mol. The van der Waals surface area contributed by atoms with Gasteiger partial charge in [0.2, 0.25) is 0 Å². The van der Waals surface area contributed by atoms with Crippen molar-refractivity contribution in [2.24, 2.45) is 0 Å². The van der Waals surface area contributed by atoms with E-state index in [2.05, 4.69) is 15.6 Å². The highest BCUT2D eigenvalue weighted by Gasteiger charge is 2.37. The van der Waals surface area contributed by atoms with Crippen molar-refractivity contribution in [3.05, 3.63) is 59.2 Å². The molecule has 1 aliphatic carbocycles. The molecular weight excluding hydrogens is 298 g/mol. The SMILES string of the molecule is O=C(Nc1ccccn1)NC1(c2ccc(Cl)cc2)CCCC1. The Morgan fingerprint density at radius 3 is 2.45 bits per heavy atom. The molecule has 4 nitrogen and oxygen atoms in total. The number of aromatic nitrogens is 1. The minimum Gasteiger partial charge on any atom is -0.328 e. The number of rotatable bonds is 3. The van der Waals surface area contributed by atoms with Gasteiger partial charge in [0.15, 0.2) is 0 Å². The van der Waals surface area contributed by atoms with Crippen LogP contribution in [0.4, 0.5) is 10.6 Å². The number of nitrogens with one attached hydrogen (secondary N) is 2. The zero-order chi connectivity index (χ0) is 15.4. The Kier molecular flexibility index (Phi) is 4.29. The zero-order valence-corrected chi connectivity index (χ0v) is 12.9. The fraction of sp³-hybridized carbons (Fsp3) is 0.294. The summed E-state index contributed by atoms with van der Waals surface area (Å²) in [6, 6.07) is 12.9. The lowest BCUT2D eigenvalue weighted by Crippen LogP contribution is -2.45. The van der Waals surface area contributed by atoms with Gasteiger partial charge >= 0.3 is 6.03 Å². The van der Waals surface area contributed by atoms with Gasteiger partial charge in [-0.3, -0.25) is 5.32 Å². The molecule has 0 unspecified atom stereocenters. The van der Waals surface area contributed by atoms with E-state index in [1.165, 1.54) is 0 Å². The third-order valence-electron chi connectivity index (χ3n) is 4.11. The van der Waals surface area contributed by atoms with Gasteiger partial charge < -0.3 is 5.32 Å². The predicted molar refractivity (Wildman–Crippen MR) is 88.0 cm³/mol. The van der Waals surface area contributed by atoms with E-state index < -0.39 is 0 Å². The summed E-state index contributed by atoms with van der Waals surface area (Å²) in [6.07, 6.45) is 5.73. The summed E-state index contributed by atoms with van der Waals surface area (Å²) in [6.45, 7) is 0. The van der Waals surface area contributed by atoms with Crippen LogP contribution in [0.1, 0.15) is 31.2 Å². The topological polar surface area (TPSA) is 54.0 Å². The number of halogens is 1. The largest absolute Gasteiger partial charge is 0.328 e. The first-order valence-electron chi connectivity index (χ1n) is 7.44. The summed E-state index contributed by atoms with van der Waals surface area (Å²) in [5.41, 5.74) is 0.786. The molecule has 22 heavy (non-hydrogen) atoms. The van der Waals surface area contributed by atoms with E-state index in [0.717, 1.165) is 31.2 Å². The molecule has 1 fully saturated rings. The van der Waals surface area contributed by atoms with Crippen molar-refractivity contribution < 1.29 is 4.79 Å². The van der Waals surface area contributed by atoms with Crippen molar-refractivity contribution in [3.63, 3.8) is 0 Å². The summed E-state index contributed by atoms with van der Waals surface area (Å²) in [4.78, 5) is 16.4. The number of benzene rings is 1. The summed E-state index contributed by atoms with van der Waals surface area (Å²) in [7, 11) is 0. The van der Waals surface area contributed by atoms with E-state index in [1.807, 2.05) is 36.4 Å². The van der Waals surface area contributed by atoms with Crippen molar-refractivity contribution in [3.8, 4) is 0 Å². The van der Waals surface area contributed by atoms with Crippen LogP contribution < -0.4 is 10.6 Å². The van der Waals surface area contributed by atoms with Gasteiger partial charge in [-0.25, -0.2) is 9.78 Å². The van der Waals surface area contributed by atoms with Gasteiger partial charge in [0.25, 0.3) is 0 Å². The van der Waals surface area contributed by atoms with Crippen LogP contribution >= 0.6 is 11.6 Å². The molecule has 2 amide bonds. The molecule has 0 atom stereocenters. The molecular formula is C17H18ClN3O. The first kappa shape index (κ1) is 14.9. The summed E-state index contributed by atoms with van der Waals surface area (Å²) in [5, 5.41) is 6.63. The van der Waals surface area contributed by atoms with E-state index in [-0.39, 0.29) is 11.6 Å². The van der Waals surface area contributed by atoms with E-state index in [1.54, 1.807) is 12.3 Å². The Labute approximate surface area is 134 Å². The van der Waals surface area contributed by atoms with Crippen molar-refractivity contribution in [2.45, 2.75) is 31.2 Å². The molecule has 1 aromatic heterocycles. The van der Waals surface area contributed by atoms with Crippen molar-refractivity contribution in [2.75, 3.05) is 5.32 Å². The minimum absolute atomic E-state index is 0.226. The number of urea groups is 1. The number of hydrogen-bond donors (Lipinski definition) is 2. The number of carbonyl (C=O) groups is 1. The van der Waals surface area contributed by atoms with Crippen LogP contribution in [0.2, 0.25) is 5.02 Å². The van der Waals surface area contributed by atoms with Gasteiger partial charge in [0.1, 0.15) is 5.82 Å². The highest BCUT2D eigenvalue weighted by Crippen LogP contribution is 2.39. The lowest BCUT2D eigenvalue weighted by atomic mass is 9.88. The fourth-order valence-corrected chi connectivity index (χ4v) is 3.16. The molecule has 0 radical (unpaired) electrons. The third kappa shape index (κ3) is 3.22. The minimum atomic E-state index is -0.316. The first-order chi connectivity index (χ1) is 10.7. The molecule has 0 spiro atoms. The molecule has 2 N–H and O–H groups in total. The maximum atomic E-state index is 12.3. The fourth-order valence-electron chi connectivity index (χ4n) is 3.03. The van der Waals surface area contributed by atoms with Gasteiger partial charge in [-0.05, 0) is 42.7 Å². The maximum Gasteiger partial charge on any atom is 0.321 e. The van der Waals surface area contributed by atoms with E-state index in [9.17, 15) is 4.79 Å². The molecule has 1 aromatic carbocycles. The smallest absolute Gasteiger partial charge is 0.321 e. The Morgan fingerprint density at radius 2 is 1.82 bits per heavy atom. The Balaban J connectivity index is 1.77. The van der Waals surface area contributed by atoms with Crippen LogP contribution in [0.25, 0.3) is 0 Å². The lowest BCUT2D eigenvalue weighted by molar-refractivity contribution is 0.236. The normalized spacial score (nSPS) is 16.2. The van der Waals surface area contributed by atoms with Gasteiger partial charge in [-0.15, -0.1) is 0 Å². The molecule has 2 aromatic rings. The molecule has 114 valence electrons.